The number of phenols is 1. The number of carbonyl (C=O) groups is 14. The van der Waals surface area contributed by atoms with Gasteiger partial charge in [-0.25, -0.2) is 4.98 Å². The van der Waals surface area contributed by atoms with E-state index in [0.717, 1.165) is 0 Å². The number of aliphatic hydroxyl groups excluding tert-OH is 1. The van der Waals surface area contributed by atoms with Crippen LogP contribution in [0, 0.1) is 0 Å². The van der Waals surface area contributed by atoms with Crippen molar-refractivity contribution < 1.29 is 77.3 Å². The van der Waals surface area contributed by atoms with E-state index in [-0.39, 0.29) is 74.0 Å². The van der Waals surface area contributed by atoms with Crippen molar-refractivity contribution in [3.8, 4) is 5.75 Å². The van der Waals surface area contributed by atoms with Crippen molar-refractivity contribution in [1.29, 1.82) is 0 Å². The Morgan fingerprint density at radius 2 is 1.15 bits per heavy atom. The molecule has 1 aromatic heterocycles. The van der Waals surface area contributed by atoms with Gasteiger partial charge in [-0.1, -0.05) is 12.1 Å². The largest absolute Gasteiger partial charge is 0.508 e. The van der Waals surface area contributed by atoms with Gasteiger partial charge in [-0.15, -0.1) is 0 Å². The molecule has 37 heteroatoms. The van der Waals surface area contributed by atoms with Crippen molar-refractivity contribution in [3.63, 3.8) is 0 Å². The molecule has 2 heterocycles. The molecule has 11 atom stereocenters. The van der Waals surface area contributed by atoms with E-state index in [1.54, 1.807) is 0 Å². The van der Waals surface area contributed by atoms with Crippen LogP contribution in [0.2, 0.25) is 0 Å². The molecule has 2 aromatic rings. The van der Waals surface area contributed by atoms with Gasteiger partial charge in [-0.3, -0.25) is 67.1 Å². The number of aromatic amines is 1. The zero-order chi connectivity index (χ0) is 66.5. The molecule has 1 saturated heterocycles. The van der Waals surface area contributed by atoms with Crippen LogP contribution in [-0.4, -0.2) is 223 Å². The molecule has 1 aromatic carbocycles. The first-order valence-electron chi connectivity index (χ1n) is 27.9. The van der Waals surface area contributed by atoms with Crippen LogP contribution >= 0.6 is 50.5 Å². The lowest BCUT2D eigenvalue weighted by molar-refractivity contribution is -0.142. The Morgan fingerprint density at radius 3 is 1.71 bits per heavy atom. The van der Waals surface area contributed by atoms with Gasteiger partial charge >= 0.3 is 0 Å². The van der Waals surface area contributed by atoms with Crippen molar-refractivity contribution >= 4 is 133 Å². The van der Waals surface area contributed by atoms with Gasteiger partial charge in [-0.2, -0.15) is 50.5 Å². The third-order valence-corrected chi connectivity index (χ3v) is 14.9. The highest BCUT2D eigenvalue weighted by Crippen LogP contribution is 2.20. The molecular weight excluding hydrogens is 1250 g/mol. The van der Waals surface area contributed by atoms with E-state index in [2.05, 4.69) is 119 Å². The smallest absolute Gasteiger partial charge is 0.246 e. The standard InChI is InChI=1S/C52H79N17O16S4/c1-25(59-51(84)39-7-5-13-69(39)52(85)33(15-28-17-56-24-58-28)64-50(83)38(23-89)68-49(82)37(22-88)60-26(2)71)43(76)67-36(21-87)44(77)57-18-41(74)61-30(6-3-4-12-53)45(78)63-32(16-40(54)73)47(80)62-31(14-27-8-10-29(72)11-9-27)46(79)65-34(19-70)48(81)66-35(20-86)42(55)75/h8-11,17,24-25,30-39,70,72,86-89H,3-7,12-16,18-23,53H2,1-2H3,(H2,54,73)(H2,55,75)(H,56,58)(H,57,77)(H,59,84)(H,60,71)(H,61,74)(H,62,80)(H,63,78)(H,64,83)(H,65,79)(H,66,81)(H,67,76)(H,68,82)/t25-,30-,31-,32-,33-,34-,35-,36-,37-,38-,39-/m0/s1. The molecule has 0 aliphatic carbocycles. The first-order chi connectivity index (χ1) is 42.2. The van der Waals surface area contributed by atoms with Crippen LogP contribution in [0.5, 0.6) is 5.75 Å². The predicted molar refractivity (Wildman–Crippen MR) is 331 cm³/mol. The van der Waals surface area contributed by atoms with Crippen molar-refractivity contribution in [2.45, 2.75) is 132 Å². The molecule has 0 radical (unpaired) electrons. The van der Waals surface area contributed by atoms with Gasteiger partial charge in [-0.05, 0) is 63.3 Å². The van der Waals surface area contributed by atoms with Crippen LogP contribution in [0.25, 0.3) is 0 Å². The first-order valence-corrected chi connectivity index (χ1v) is 30.4. The number of hydrogen-bond acceptors (Lipinski definition) is 22. The highest BCUT2D eigenvalue weighted by molar-refractivity contribution is 7.80. The normalized spacial score (nSPS) is 16.0. The summed E-state index contributed by atoms with van der Waals surface area (Å²) in [6.45, 7) is 0.970. The Morgan fingerprint density at radius 1 is 0.629 bits per heavy atom. The summed E-state index contributed by atoms with van der Waals surface area (Å²) in [6.07, 6.45) is 2.53. The van der Waals surface area contributed by atoms with Crippen LogP contribution < -0.4 is 75.7 Å². The van der Waals surface area contributed by atoms with E-state index >= 15 is 0 Å². The second-order valence-corrected chi connectivity index (χ2v) is 21.8. The van der Waals surface area contributed by atoms with Crippen LogP contribution in [-0.2, 0) is 80.0 Å². The average molecular weight is 1330 g/mol. The van der Waals surface area contributed by atoms with Gasteiger partial charge < -0.3 is 95.8 Å². The van der Waals surface area contributed by atoms with Gasteiger partial charge in [0.15, 0.2) is 0 Å². The van der Waals surface area contributed by atoms with Crippen molar-refractivity contribution in [2.75, 3.05) is 49.3 Å². The van der Waals surface area contributed by atoms with Crippen LogP contribution in [0.1, 0.15) is 63.6 Å². The summed E-state index contributed by atoms with van der Waals surface area (Å²) < 4.78 is 0. The molecule has 20 N–H and O–H groups in total. The third-order valence-electron chi connectivity index (χ3n) is 13.4. The Hall–Kier alpha value is -7.87. The molecule has 0 saturated carbocycles. The summed E-state index contributed by atoms with van der Waals surface area (Å²) in [5, 5.41) is 46.4. The lowest BCUT2D eigenvalue weighted by Gasteiger charge is -2.30. The number of aromatic hydroxyl groups is 1. The minimum atomic E-state index is -1.81. The fourth-order valence-corrected chi connectivity index (χ4v) is 9.68. The predicted octanol–water partition coefficient (Wildman–Crippen LogP) is -7.90. The van der Waals surface area contributed by atoms with E-state index in [1.807, 2.05) is 0 Å². The van der Waals surface area contributed by atoms with Gasteiger partial charge in [0.25, 0.3) is 0 Å². The number of thiol groups is 4. The summed E-state index contributed by atoms with van der Waals surface area (Å²) in [4.78, 5) is 193. The number of nitrogens with two attached hydrogens (primary N) is 3. The number of unbranched alkanes of at least 4 members (excludes halogenated alkanes) is 1. The van der Waals surface area contributed by atoms with Gasteiger partial charge in [0.2, 0.25) is 82.7 Å². The number of aromatic nitrogens is 2. The van der Waals surface area contributed by atoms with E-state index < -0.39 is 169 Å². The number of nitrogens with one attached hydrogen (secondary N) is 12. The van der Waals surface area contributed by atoms with E-state index in [1.165, 1.54) is 55.5 Å². The van der Waals surface area contributed by atoms with Crippen LogP contribution in [0.4, 0.5) is 0 Å². The molecule has 14 amide bonds. The molecule has 0 spiro atoms. The number of primary amides is 2. The van der Waals surface area contributed by atoms with E-state index in [0.29, 0.717) is 24.1 Å². The molecule has 89 heavy (non-hydrogen) atoms. The monoisotopic (exact) mass is 1330 g/mol. The first kappa shape index (κ1) is 75.4. The number of likely N-dealkylation sites (tertiary alicyclic amines) is 1. The lowest BCUT2D eigenvalue weighted by atomic mass is 10.0. The number of phenolic OH excluding ortho intramolecular Hbond substituents is 1. The maximum Gasteiger partial charge on any atom is 0.246 e. The summed E-state index contributed by atoms with van der Waals surface area (Å²) >= 11 is 16.4. The number of carbonyl (C=O) groups excluding carboxylic acids is 14. The van der Waals surface area contributed by atoms with E-state index in [4.69, 9.17) is 17.2 Å². The fourth-order valence-electron chi connectivity index (χ4n) is 8.63. The zero-order valence-corrected chi connectivity index (χ0v) is 52.2. The summed E-state index contributed by atoms with van der Waals surface area (Å²) in [6, 6.07) is -10.0. The fraction of sp³-hybridized carbons (Fsp3) is 0.558. The van der Waals surface area contributed by atoms with Gasteiger partial charge in [0.05, 0.1) is 31.6 Å². The van der Waals surface area contributed by atoms with Crippen LogP contribution in [0.15, 0.2) is 36.8 Å². The molecule has 3 rings (SSSR count). The van der Waals surface area contributed by atoms with Crippen molar-refractivity contribution in [2.24, 2.45) is 17.2 Å². The van der Waals surface area contributed by atoms with Crippen molar-refractivity contribution in [3.05, 3.63) is 48.0 Å². The maximum absolute atomic E-state index is 14.2. The maximum atomic E-state index is 14.2. The number of amides is 14. The minimum Gasteiger partial charge on any atom is -0.508 e. The highest BCUT2D eigenvalue weighted by atomic mass is 32.1. The number of rotatable bonds is 38. The molecular formula is C52H79N17O16S4. The molecule has 0 unspecified atom stereocenters. The number of imidazole rings is 1. The Balaban J connectivity index is 1.70. The van der Waals surface area contributed by atoms with Crippen molar-refractivity contribution in [1.82, 2.24) is 73.4 Å². The molecule has 33 nitrogen and oxygen atoms in total. The van der Waals surface area contributed by atoms with Gasteiger partial charge in [0.1, 0.15) is 72.2 Å². The SMILES string of the molecule is CC(=O)N[C@@H](CS)C(=O)N[C@@H](CS)C(=O)N[C@@H](Cc1c[nH]cn1)C(=O)N1CCC[C@H]1C(=O)N[C@@H](C)C(=O)N[C@@H](CS)C(=O)NCC(=O)N[C@@H](CCCCN)C(=O)N[C@@H](CC(N)=O)C(=O)N[C@@H](Cc1ccc(O)cc1)C(=O)N[C@@H](CO)C(=O)N[C@@H](CS)C(N)=O. The zero-order valence-electron chi connectivity index (χ0n) is 48.7. The summed E-state index contributed by atoms with van der Waals surface area (Å²) in [5.41, 5.74) is 17.1. The third kappa shape index (κ3) is 25.3. The second-order valence-electron chi connectivity index (χ2n) is 20.3. The molecule has 492 valence electrons. The number of nitrogens with zero attached hydrogens (tertiary/aromatic N) is 2. The average Bonchev–Trinajstić information content (AvgIpc) is 4.35. The quantitative estimate of drug-likeness (QED) is 0.0219. The van der Waals surface area contributed by atoms with Crippen LogP contribution in [0.3, 0.4) is 0 Å². The Bertz CT molecular complexity index is 2810. The summed E-state index contributed by atoms with van der Waals surface area (Å²) in [7, 11) is 0. The number of aliphatic hydroxyl groups is 1. The summed E-state index contributed by atoms with van der Waals surface area (Å²) in [5.74, 6) is -13.6. The minimum absolute atomic E-state index is 0.0740. The number of hydrogen-bond donors (Lipinski definition) is 21. The Kier molecular flexibility index (Phi) is 32.6. The second kappa shape index (κ2) is 38.5. The molecule has 1 aliphatic heterocycles. The topological polar surface area (TPSA) is 522 Å². The highest BCUT2D eigenvalue weighted by Gasteiger charge is 2.40. The number of benzene rings is 1. The lowest BCUT2D eigenvalue weighted by Crippen LogP contribution is -2.60. The Labute approximate surface area is 533 Å². The molecule has 1 fully saturated rings. The van der Waals surface area contributed by atoms with E-state index in [9.17, 15) is 77.3 Å². The number of H-pyrrole nitrogens is 1. The molecule has 1 aliphatic rings. The van der Waals surface area contributed by atoms with Gasteiger partial charge in [0, 0.05) is 55.5 Å². The molecule has 0 bridgehead atoms.